The summed E-state index contributed by atoms with van der Waals surface area (Å²) in [6.45, 7) is 6.23. The molecule has 0 bridgehead atoms. The maximum Gasteiger partial charge on any atom is 0.343 e. The third kappa shape index (κ3) is 3.39. The predicted octanol–water partition coefficient (Wildman–Crippen LogP) is 3.15. The van der Waals surface area contributed by atoms with Crippen molar-refractivity contribution >= 4 is 21.7 Å². The second-order valence-electron chi connectivity index (χ2n) is 6.55. The summed E-state index contributed by atoms with van der Waals surface area (Å²) >= 11 is 0. The average molecular weight is 359 g/mol. The number of fused-ring (bicyclic) bond motifs is 1. The van der Waals surface area contributed by atoms with Gasteiger partial charge in [-0.3, -0.25) is 4.31 Å². The SMILES string of the molecule is Cc1cc(C)c(OC(=O)c2ccc3c(c2)CCN3S(C)(=O)=O)c(C)c1. The molecular weight excluding hydrogens is 338 g/mol. The number of benzene rings is 2. The lowest BCUT2D eigenvalue weighted by atomic mass is 10.1. The van der Waals surface area contributed by atoms with Crippen LogP contribution in [0.25, 0.3) is 0 Å². The molecule has 2 aromatic carbocycles. The molecule has 0 saturated carbocycles. The Balaban J connectivity index is 1.88. The van der Waals surface area contributed by atoms with Crippen LogP contribution in [0.3, 0.4) is 0 Å². The Morgan fingerprint density at radius 1 is 1.08 bits per heavy atom. The average Bonchev–Trinajstić information content (AvgIpc) is 2.93. The molecular formula is C19H21NO4S. The molecule has 25 heavy (non-hydrogen) atoms. The molecule has 0 saturated heterocycles. The Hall–Kier alpha value is -2.34. The number of nitrogens with zero attached hydrogens (tertiary/aromatic N) is 1. The second kappa shape index (κ2) is 6.19. The van der Waals surface area contributed by atoms with Gasteiger partial charge >= 0.3 is 5.97 Å². The van der Waals surface area contributed by atoms with Crippen LogP contribution < -0.4 is 9.04 Å². The van der Waals surface area contributed by atoms with Crippen LogP contribution in [0.5, 0.6) is 5.75 Å². The fourth-order valence-electron chi connectivity index (χ4n) is 3.32. The summed E-state index contributed by atoms with van der Waals surface area (Å²) in [6, 6.07) is 8.96. The van der Waals surface area contributed by atoms with Gasteiger partial charge in [0.05, 0.1) is 17.5 Å². The van der Waals surface area contributed by atoms with Crippen LogP contribution in [0.4, 0.5) is 5.69 Å². The number of ether oxygens (including phenoxy) is 1. The quantitative estimate of drug-likeness (QED) is 0.624. The Labute approximate surface area is 148 Å². The van der Waals surface area contributed by atoms with Gasteiger partial charge in [-0.25, -0.2) is 13.2 Å². The molecule has 1 aliphatic heterocycles. The smallest absolute Gasteiger partial charge is 0.343 e. The molecule has 132 valence electrons. The third-order valence-electron chi connectivity index (χ3n) is 4.37. The lowest BCUT2D eigenvalue weighted by molar-refractivity contribution is 0.0732. The number of esters is 1. The summed E-state index contributed by atoms with van der Waals surface area (Å²) in [6.07, 6.45) is 1.78. The summed E-state index contributed by atoms with van der Waals surface area (Å²) in [5, 5.41) is 0. The minimum atomic E-state index is -3.30. The van der Waals surface area contributed by atoms with Crippen molar-refractivity contribution in [1.29, 1.82) is 0 Å². The van der Waals surface area contributed by atoms with Gasteiger partial charge in [-0.2, -0.15) is 0 Å². The zero-order valence-electron chi connectivity index (χ0n) is 14.8. The van der Waals surface area contributed by atoms with E-state index in [2.05, 4.69) is 0 Å². The standard InChI is InChI=1S/C19H21NO4S/c1-12-9-13(2)18(14(3)10-12)24-19(21)16-5-6-17-15(11-16)7-8-20(17)25(4,22)23/h5-6,9-11H,7-8H2,1-4H3. The zero-order chi connectivity index (χ0) is 18.4. The highest BCUT2D eigenvalue weighted by Gasteiger charge is 2.27. The number of sulfonamides is 1. The Morgan fingerprint density at radius 2 is 1.72 bits per heavy atom. The summed E-state index contributed by atoms with van der Waals surface area (Å²) in [4.78, 5) is 12.5. The molecule has 1 aliphatic rings. The van der Waals surface area contributed by atoms with E-state index >= 15 is 0 Å². The van der Waals surface area contributed by atoms with Gasteiger partial charge in [0, 0.05) is 6.54 Å². The zero-order valence-corrected chi connectivity index (χ0v) is 15.6. The van der Waals surface area contributed by atoms with Crippen LogP contribution in [0.15, 0.2) is 30.3 Å². The summed E-state index contributed by atoms with van der Waals surface area (Å²) in [5.74, 6) is 0.143. The lowest BCUT2D eigenvalue weighted by Gasteiger charge is -2.16. The topological polar surface area (TPSA) is 63.7 Å². The largest absolute Gasteiger partial charge is 0.422 e. The normalized spacial score (nSPS) is 13.7. The van der Waals surface area contributed by atoms with Crippen LogP contribution >= 0.6 is 0 Å². The molecule has 0 fully saturated rings. The first-order chi connectivity index (χ1) is 11.7. The molecule has 0 spiro atoms. The molecule has 5 nitrogen and oxygen atoms in total. The van der Waals surface area contributed by atoms with Gasteiger partial charge in [0.25, 0.3) is 0 Å². The van der Waals surface area contributed by atoms with E-state index in [1.165, 1.54) is 10.6 Å². The molecule has 0 unspecified atom stereocenters. The molecule has 0 aliphatic carbocycles. The first kappa shape index (κ1) is 17.5. The van der Waals surface area contributed by atoms with E-state index < -0.39 is 16.0 Å². The van der Waals surface area contributed by atoms with Crippen molar-refractivity contribution in [3.05, 3.63) is 58.1 Å². The fourth-order valence-corrected chi connectivity index (χ4v) is 4.28. The summed E-state index contributed by atoms with van der Waals surface area (Å²) < 4.78 is 30.6. The number of hydrogen-bond acceptors (Lipinski definition) is 4. The number of carbonyl (C=O) groups is 1. The molecule has 0 amide bonds. The predicted molar refractivity (Wildman–Crippen MR) is 97.9 cm³/mol. The maximum atomic E-state index is 12.5. The monoisotopic (exact) mass is 359 g/mol. The molecule has 1 heterocycles. The molecule has 2 aromatic rings. The molecule has 3 rings (SSSR count). The van der Waals surface area contributed by atoms with Crippen LogP contribution in [0.2, 0.25) is 0 Å². The van der Waals surface area contributed by atoms with Crippen molar-refractivity contribution in [2.75, 3.05) is 17.1 Å². The molecule has 0 radical (unpaired) electrons. The first-order valence-electron chi connectivity index (χ1n) is 8.07. The van der Waals surface area contributed by atoms with E-state index in [9.17, 15) is 13.2 Å². The highest BCUT2D eigenvalue weighted by Crippen LogP contribution is 2.31. The summed E-state index contributed by atoms with van der Waals surface area (Å²) in [7, 11) is -3.30. The van der Waals surface area contributed by atoms with Crippen molar-refractivity contribution in [2.24, 2.45) is 0 Å². The third-order valence-corrected chi connectivity index (χ3v) is 5.55. The van der Waals surface area contributed by atoms with E-state index in [4.69, 9.17) is 4.74 Å². The number of rotatable bonds is 3. The van der Waals surface area contributed by atoms with Crippen LogP contribution in [0.1, 0.15) is 32.6 Å². The Bertz CT molecular complexity index is 940. The molecule has 0 N–H and O–H groups in total. The van der Waals surface area contributed by atoms with E-state index in [1.807, 2.05) is 32.9 Å². The van der Waals surface area contributed by atoms with Gasteiger partial charge in [0.1, 0.15) is 5.75 Å². The van der Waals surface area contributed by atoms with E-state index in [0.717, 1.165) is 22.3 Å². The van der Waals surface area contributed by atoms with Crippen LogP contribution in [-0.2, 0) is 16.4 Å². The highest BCUT2D eigenvalue weighted by atomic mass is 32.2. The first-order valence-corrected chi connectivity index (χ1v) is 9.92. The van der Waals surface area contributed by atoms with Crippen molar-refractivity contribution in [3.63, 3.8) is 0 Å². The number of aryl methyl sites for hydroxylation is 3. The number of anilines is 1. The van der Waals surface area contributed by atoms with Gasteiger partial charge in [0.2, 0.25) is 10.0 Å². The van der Waals surface area contributed by atoms with Gasteiger partial charge in [-0.15, -0.1) is 0 Å². The fraction of sp³-hybridized carbons (Fsp3) is 0.316. The van der Waals surface area contributed by atoms with E-state index in [1.54, 1.807) is 18.2 Å². The summed E-state index contributed by atoms with van der Waals surface area (Å²) in [5.41, 5.74) is 4.85. The van der Waals surface area contributed by atoms with E-state index in [-0.39, 0.29) is 0 Å². The number of hydrogen-bond donors (Lipinski definition) is 0. The van der Waals surface area contributed by atoms with Gasteiger partial charge in [-0.1, -0.05) is 17.7 Å². The van der Waals surface area contributed by atoms with Gasteiger partial charge in [0.15, 0.2) is 0 Å². The molecule has 6 heteroatoms. The van der Waals surface area contributed by atoms with Crippen LogP contribution in [0, 0.1) is 20.8 Å². The van der Waals surface area contributed by atoms with Crippen molar-refractivity contribution in [1.82, 2.24) is 0 Å². The highest BCUT2D eigenvalue weighted by molar-refractivity contribution is 7.92. The minimum Gasteiger partial charge on any atom is -0.422 e. The Morgan fingerprint density at radius 3 is 2.32 bits per heavy atom. The van der Waals surface area contributed by atoms with Crippen LogP contribution in [-0.4, -0.2) is 27.2 Å². The second-order valence-corrected chi connectivity index (χ2v) is 8.45. The van der Waals surface area contributed by atoms with Gasteiger partial charge in [-0.05, 0) is 62.1 Å². The van der Waals surface area contributed by atoms with Gasteiger partial charge < -0.3 is 4.74 Å². The van der Waals surface area contributed by atoms with Crippen molar-refractivity contribution in [3.8, 4) is 5.75 Å². The molecule has 0 aromatic heterocycles. The van der Waals surface area contributed by atoms with Crippen molar-refractivity contribution in [2.45, 2.75) is 27.2 Å². The maximum absolute atomic E-state index is 12.5. The lowest BCUT2D eigenvalue weighted by Crippen LogP contribution is -2.27. The van der Waals surface area contributed by atoms with E-state index in [0.29, 0.717) is 30.0 Å². The Kier molecular flexibility index (Phi) is 4.33. The molecule has 0 atom stereocenters. The number of carbonyl (C=O) groups excluding carboxylic acids is 1. The van der Waals surface area contributed by atoms with Crippen molar-refractivity contribution < 1.29 is 17.9 Å². The minimum absolute atomic E-state index is 0.406.